The molecule has 0 aliphatic heterocycles. The van der Waals surface area contributed by atoms with Gasteiger partial charge >= 0.3 is 0 Å². The van der Waals surface area contributed by atoms with Gasteiger partial charge in [-0.3, -0.25) is 9.10 Å². The van der Waals surface area contributed by atoms with Crippen molar-refractivity contribution in [1.29, 1.82) is 0 Å². The molecule has 29 heavy (non-hydrogen) atoms. The van der Waals surface area contributed by atoms with E-state index < -0.39 is 10.0 Å². The first-order chi connectivity index (χ1) is 13.5. The molecule has 0 aliphatic rings. The van der Waals surface area contributed by atoms with Crippen molar-refractivity contribution in [1.82, 2.24) is 0 Å². The van der Waals surface area contributed by atoms with Crippen LogP contribution in [0.15, 0.2) is 42.5 Å². The van der Waals surface area contributed by atoms with Crippen LogP contribution < -0.4 is 14.4 Å². The van der Waals surface area contributed by atoms with Crippen LogP contribution >= 0.6 is 0 Å². The lowest BCUT2D eigenvalue weighted by Crippen LogP contribution is -2.31. The Morgan fingerprint density at radius 3 is 2.17 bits per heavy atom. The molecule has 0 fully saturated rings. The zero-order chi connectivity index (χ0) is 21.6. The number of nitrogens with one attached hydrogen (secondary N) is 1. The summed E-state index contributed by atoms with van der Waals surface area (Å²) in [4.78, 5) is 12.2. The Kier molecular flexibility index (Phi) is 7.67. The van der Waals surface area contributed by atoms with Crippen molar-refractivity contribution in [3.05, 3.63) is 53.6 Å². The maximum atomic E-state index is 12.2. The second-order valence-corrected chi connectivity index (χ2v) is 9.43. The Morgan fingerprint density at radius 2 is 1.66 bits per heavy atom. The lowest BCUT2D eigenvalue weighted by atomic mass is 10.1. The van der Waals surface area contributed by atoms with Crippen LogP contribution in [-0.4, -0.2) is 33.2 Å². The van der Waals surface area contributed by atoms with E-state index in [0.717, 1.165) is 16.9 Å². The summed E-state index contributed by atoms with van der Waals surface area (Å²) in [6, 6.07) is 12.9. The molecule has 0 atom stereocenters. The Balaban J connectivity index is 1.94. The van der Waals surface area contributed by atoms with Crippen LogP contribution in [0.1, 0.15) is 37.8 Å². The Labute approximate surface area is 173 Å². The number of hydrogen-bond acceptors (Lipinski definition) is 4. The van der Waals surface area contributed by atoms with E-state index in [2.05, 4.69) is 5.32 Å². The van der Waals surface area contributed by atoms with Crippen LogP contribution in [0.4, 0.5) is 11.4 Å². The van der Waals surface area contributed by atoms with Crippen LogP contribution in [0.3, 0.4) is 0 Å². The predicted molar refractivity (Wildman–Crippen MR) is 118 cm³/mol. The standard InChI is InChI=1S/C22H30N2O4S/c1-16(2)28-21-10-8-19(9-11-21)23-22(25)7-6-12-24(29(5,26)27)20-14-17(3)13-18(4)15-20/h8-11,13-16H,6-7,12H2,1-5H3,(H,23,25). The number of ether oxygens (including phenoxy) is 1. The smallest absolute Gasteiger partial charge is 0.232 e. The molecule has 1 N–H and O–H groups in total. The number of benzene rings is 2. The van der Waals surface area contributed by atoms with Crippen molar-refractivity contribution in [3.8, 4) is 5.75 Å². The van der Waals surface area contributed by atoms with E-state index in [-0.39, 0.29) is 25.0 Å². The Morgan fingerprint density at radius 1 is 1.07 bits per heavy atom. The molecule has 0 unspecified atom stereocenters. The summed E-state index contributed by atoms with van der Waals surface area (Å²) in [5.74, 6) is 0.589. The third-order valence-corrected chi connectivity index (χ3v) is 5.36. The number of carbonyl (C=O) groups excluding carboxylic acids is 1. The highest BCUT2D eigenvalue weighted by Gasteiger charge is 2.18. The van der Waals surface area contributed by atoms with E-state index in [1.54, 1.807) is 24.3 Å². The van der Waals surface area contributed by atoms with Crippen LogP contribution in [0, 0.1) is 13.8 Å². The number of carbonyl (C=O) groups is 1. The fourth-order valence-corrected chi connectivity index (χ4v) is 4.03. The normalized spacial score (nSPS) is 11.4. The molecular weight excluding hydrogens is 388 g/mol. The summed E-state index contributed by atoms with van der Waals surface area (Å²) in [6.45, 7) is 8.02. The number of hydrogen-bond donors (Lipinski definition) is 1. The minimum absolute atomic E-state index is 0.0884. The molecule has 0 heterocycles. The number of amides is 1. The fraction of sp³-hybridized carbons (Fsp3) is 0.409. The number of aryl methyl sites for hydroxylation is 2. The van der Waals surface area contributed by atoms with E-state index in [0.29, 0.717) is 17.8 Å². The van der Waals surface area contributed by atoms with Crippen LogP contribution in [-0.2, 0) is 14.8 Å². The minimum Gasteiger partial charge on any atom is -0.491 e. The number of rotatable bonds is 9. The molecule has 0 aromatic heterocycles. The fourth-order valence-electron chi connectivity index (χ4n) is 3.08. The van der Waals surface area contributed by atoms with Crippen molar-refractivity contribution in [2.75, 3.05) is 22.4 Å². The highest BCUT2D eigenvalue weighted by atomic mass is 32.2. The number of sulfonamides is 1. The van der Waals surface area contributed by atoms with Crippen molar-refractivity contribution in [3.63, 3.8) is 0 Å². The lowest BCUT2D eigenvalue weighted by Gasteiger charge is -2.23. The van der Waals surface area contributed by atoms with Gasteiger partial charge in [-0.05, 0) is 81.6 Å². The van der Waals surface area contributed by atoms with Crippen LogP contribution in [0.5, 0.6) is 5.75 Å². The van der Waals surface area contributed by atoms with Crippen molar-refractivity contribution in [2.45, 2.75) is 46.6 Å². The van der Waals surface area contributed by atoms with Crippen molar-refractivity contribution >= 4 is 27.3 Å². The van der Waals surface area contributed by atoms with E-state index in [1.807, 2.05) is 45.9 Å². The summed E-state index contributed by atoms with van der Waals surface area (Å²) in [5.41, 5.74) is 3.30. The molecule has 0 saturated heterocycles. The monoisotopic (exact) mass is 418 g/mol. The molecule has 2 aromatic carbocycles. The van der Waals surface area contributed by atoms with Gasteiger partial charge < -0.3 is 10.1 Å². The highest BCUT2D eigenvalue weighted by molar-refractivity contribution is 7.92. The van der Waals surface area contributed by atoms with E-state index >= 15 is 0 Å². The lowest BCUT2D eigenvalue weighted by molar-refractivity contribution is -0.116. The van der Waals surface area contributed by atoms with Gasteiger partial charge in [0, 0.05) is 18.7 Å². The van der Waals surface area contributed by atoms with Gasteiger partial charge in [0.1, 0.15) is 5.75 Å². The van der Waals surface area contributed by atoms with Gasteiger partial charge in [-0.2, -0.15) is 0 Å². The van der Waals surface area contributed by atoms with Gasteiger partial charge in [-0.25, -0.2) is 8.42 Å². The highest BCUT2D eigenvalue weighted by Crippen LogP contribution is 2.22. The summed E-state index contributed by atoms with van der Waals surface area (Å²) in [6.07, 6.45) is 1.91. The van der Waals surface area contributed by atoms with Gasteiger partial charge in [0.15, 0.2) is 0 Å². The van der Waals surface area contributed by atoms with Crippen molar-refractivity contribution < 1.29 is 17.9 Å². The molecule has 158 valence electrons. The third-order valence-electron chi connectivity index (χ3n) is 4.17. The molecule has 0 radical (unpaired) electrons. The topological polar surface area (TPSA) is 75.7 Å². The molecule has 1 amide bonds. The number of anilines is 2. The molecular formula is C22H30N2O4S. The summed E-state index contributed by atoms with van der Waals surface area (Å²) < 4.78 is 31.4. The Bertz CT molecular complexity index is 918. The average molecular weight is 419 g/mol. The van der Waals surface area contributed by atoms with Crippen LogP contribution in [0.25, 0.3) is 0 Å². The summed E-state index contributed by atoms with van der Waals surface area (Å²) in [5, 5.41) is 2.83. The largest absolute Gasteiger partial charge is 0.491 e. The predicted octanol–water partition coefficient (Wildman–Crippen LogP) is 4.28. The summed E-state index contributed by atoms with van der Waals surface area (Å²) >= 11 is 0. The molecule has 0 aliphatic carbocycles. The maximum absolute atomic E-state index is 12.2. The summed E-state index contributed by atoms with van der Waals surface area (Å²) in [7, 11) is -3.44. The van der Waals surface area contributed by atoms with Gasteiger partial charge in [0.2, 0.25) is 15.9 Å². The van der Waals surface area contributed by atoms with E-state index in [1.165, 1.54) is 10.6 Å². The van der Waals surface area contributed by atoms with Crippen LogP contribution in [0.2, 0.25) is 0 Å². The average Bonchev–Trinajstić information content (AvgIpc) is 2.58. The minimum atomic E-state index is -3.44. The quantitative estimate of drug-likeness (QED) is 0.660. The SMILES string of the molecule is Cc1cc(C)cc(N(CCCC(=O)Nc2ccc(OC(C)C)cc2)S(C)(=O)=O)c1. The maximum Gasteiger partial charge on any atom is 0.232 e. The van der Waals surface area contributed by atoms with Gasteiger partial charge in [-0.1, -0.05) is 6.07 Å². The Hall–Kier alpha value is -2.54. The van der Waals surface area contributed by atoms with E-state index in [4.69, 9.17) is 4.74 Å². The van der Waals surface area contributed by atoms with Gasteiger partial charge in [0.25, 0.3) is 0 Å². The molecule has 0 spiro atoms. The second kappa shape index (κ2) is 9.78. The van der Waals surface area contributed by atoms with E-state index in [9.17, 15) is 13.2 Å². The molecule has 2 rings (SSSR count). The first-order valence-corrected chi connectivity index (χ1v) is 11.5. The second-order valence-electron chi connectivity index (χ2n) is 7.52. The zero-order valence-electron chi connectivity index (χ0n) is 17.7. The molecule has 0 saturated carbocycles. The molecule has 6 nitrogen and oxygen atoms in total. The zero-order valence-corrected chi connectivity index (χ0v) is 18.5. The molecule has 2 aromatic rings. The first-order valence-electron chi connectivity index (χ1n) is 9.67. The van der Waals surface area contributed by atoms with Gasteiger partial charge in [-0.15, -0.1) is 0 Å². The van der Waals surface area contributed by atoms with Crippen molar-refractivity contribution in [2.24, 2.45) is 0 Å². The van der Waals surface area contributed by atoms with Gasteiger partial charge in [0.05, 0.1) is 18.0 Å². The molecule has 7 heteroatoms. The first kappa shape index (κ1) is 22.7. The molecule has 0 bridgehead atoms. The number of nitrogens with zero attached hydrogens (tertiary/aromatic N) is 1. The third kappa shape index (κ3) is 7.42.